The lowest BCUT2D eigenvalue weighted by Crippen LogP contribution is -2.37. The van der Waals surface area contributed by atoms with Crippen molar-refractivity contribution in [2.24, 2.45) is 0 Å². The number of rotatable bonds is 4. The number of aliphatic hydroxyl groups excluding tert-OH is 1. The molecule has 1 fully saturated rings. The Morgan fingerprint density at radius 1 is 1.35 bits per heavy atom. The minimum Gasteiger partial charge on any atom is -0.487 e. The zero-order chi connectivity index (χ0) is 18.1. The second-order valence-electron chi connectivity index (χ2n) is 6.29. The number of thiophene rings is 1. The third-order valence-electron chi connectivity index (χ3n) is 4.45. The number of pyridine rings is 1. The highest BCUT2D eigenvalue weighted by Crippen LogP contribution is 2.43. The van der Waals surface area contributed by atoms with Gasteiger partial charge in [-0.1, -0.05) is 11.6 Å². The van der Waals surface area contributed by atoms with E-state index in [1.165, 1.54) is 0 Å². The van der Waals surface area contributed by atoms with E-state index in [4.69, 9.17) is 16.3 Å². The Balaban J connectivity index is 1.84. The van der Waals surface area contributed by atoms with Gasteiger partial charge in [-0.25, -0.2) is 0 Å². The molecule has 3 heterocycles. The van der Waals surface area contributed by atoms with Crippen molar-refractivity contribution in [2.45, 2.75) is 25.6 Å². The Morgan fingerprint density at radius 2 is 2.23 bits per heavy atom. The lowest BCUT2D eigenvalue weighted by atomic mass is 10.0. The number of aliphatic hydroxyl groups is 1. The molecule has 1 unspecified atom stereocenters. The first kappa shape index (κ1) is 18.2. The van der Waals surface area contributed by atoms with Crippen LogP contribution in [0.25, 0.3) is 21.3 Å². The molecule has 0 spiro atoms. The molecule has 3 aromatic rings. The fourth-order valence-corrected chi connectivity index (χ4v) is 5.15. The van der Waals surface area contributed by atoms with Gasteiger partial charge in [-0.05, 0) is 59.6 Å². The minimum absolute atomic E-state index is 0.0107. The molecule has 2 N–H and O–H groups in total. The summed E-state index contributed by atoms with van der Waals surface area (Å²) in [6.45, 7) is 1.89. The lowest BCUT2D eigenvalue weighted by molar-refractivity contribution is 0.167. The van der Waals surface area contributed by atoms with Gasteiger partial charge in [-0.3, -0.25) is 4.98 Å². The maximum absolute atomic E-state index is 9.48. The van der Waals surface area contributed by atoms with Gasteiger partial charge in [0.15, 0.2) is 0 Å². The Bertz CT molecular complexity index is 941. The summed E-state index contributed by atoms with van der Waals surface area (Å²) < 4.78 is 8.24. The maximum atomic E-state index is 9.48. The fourth-order valence-electron chi connectivity index (χ4n) is 3.24. The summed E-state index contributed by atoms with van der Waals surface area (Å²) in [5.41, 5.74) is 2.83. The largest absolute Gasteiger partial charge is 0.487 e. The van der Waals surface area contributed by atoms with Crippen molar-refractivity contribution in [3.05, 3.63) is 44.8 Å². The zero-order valence-electron chi connectivity index (χ0n) is 14.0. The Morgan fingerprint density at radius 3 is 3.00 bits per heavy atom. The van der Waals surface area contributed by atoms with Gasteiger partial charge in [-0.2, -0.15) is 0 Å². The topological polar surface area (TPSA) is 54.4 Å². The Hall–Kier alpha value is -1.18. The quantitative estimate of drug-likeness (QED) is 0.583. The molecule has 136 valence electrons. The van der Waals surface area contributed by atoms with Crippen LogP contribution in [0, 0.1) is 0 Å². The van der Waals surface area contributed by atoms with Gasteiger partial charge in [0.05, 0.1) is 21.3 Å². The highest BCUT2D eigenvalue weighted by molar-refractivity contribution is 9.10. The van der Waals surface area contributed by atoms with Crippen molar-refractivity contribution < 1.29 is 9.84 Å². The van der Waals surface area contributed by atoms with E-state index < -0.39 is 0 Å². The zero-order valence-corrected chi connectivity index (χ0v) is 17.1. The molecule has 0 bridgehead atoms. The predicted molar refractivity (Wildman–Crippen MR) is 110 cm³/mol. The summed E-state index contributed by atoms with van der Waals surface area (Å²) in [6, 6.07) is 7.70. The van der Waals surface area contributed by atoms with Crippen LogP contribution in [0.5, 0.6) is 5.75 Å². The van der Waals surface area contributed by atoms with E-state index in [-0.39, 0.29) is 12.7 Å². The van der Waals surface area contributed by atoms with Crippen molar-refractivity contribution in [2.75, 3.05) is 13.1 Å². The standard InChI is InChI=1S/C19H18BrClN2O2S/c20-16-7-11(21)6-15(18(16)25-12-2-1-4-22-9-12)14-3-5-23-17-8-13(10-24)26-19(14)17/h3,5-8,12,22,24H,1-2,4,9-10H2. The highest BCUT2D eigenvalue weighted by Gasteiger charge is 2.21. The lowest BCUT2D eigenvalue weighted by Gasteiger charge is -2.26. The molecule has 0 radical (unpaired) electrons. The van der Waals surface area contributed by atoms with E-state index in [0.717, 1.165) is 62.4 Å². The first-order chi connectivity index (χ1) is 12.7. The molecule has 7 heteroatoms. The number of ether oxygens (including phenoxy) is 1. The summed E-state index contributed by atoms with van der Waals surface area (Å²) >= 11 is 11.5. The first-order valence-electron chi connectivity index (χ1n) is 8.51. The summed E-state index contributed by atoms with van der Waals surface area (Å²) in [7, 11) is 0. The Labute approximate surface area is 169 Å². The average molecular weight is 454 g/mol. The molecule has 1 aliphatic rings. The molecular formula is C19H18BrClN2O2S. The normalized spacial score (nSPS) is 17.6. The van der Waals surface area contributed by atoms with Crippen molar-refractivity contribution >= 4 is 49.1 Å². The second kappa shape index (κ2) is 7.82. The summed E-state index contributed by atoms with van der Waals surface area (Å²) in [6.07, 6.45) is 4.05. The SMILES string of the molecule is OCc1cc2nccc(-c3cc(Cl)cc(Br)c3OC3CCCNC3)c2s1. The van der Waals surface area contributed by atoms with E-state index in [1.54, 1.807) is 17.5 Å². The average Bonchev–Trinajstić information content (AvgIpc) is 3.08. The van der Waals surface area contributed by atoms with Crippen LogP contribution in [0.15, 0.2) is 34.9 Å². The summed E-state index contributed by atoms with van der Waals surface area (Å²) in [5, 5.41) is 13.5. The molecule has 4 rings (SSSR count). The fraction of sp³-hybridized carbons (Fsp3) is 0.316. The van der Waals surface area contributed by atoms with Gasteiger partial charge in [-0.15, -0.1) is 11.3 Å². The number of benzene rings is 1. The minimum atomic E-state index is 0.0107. The third kappa shape index (κ3) is 3.62. The number of nitrogens with one attached hydrogen (secondary N) is 1. The van der Waals surface area contributed by atoms with Crippen molar-refractivity contribution in [3.8, 4) is 16.9 Å². The molecule has 1 atom stereocenters. The molecule has 26 heavy (non-hydrogen) atoms. The van der Waals surface area contributed by atoms with Crippen LogP contribution in [0.1, 0.15) is 17.7 Å². The summed E-state index contributed by atoms with van der Waals surface area (Å²) in [4.78, 5) is 5.32. The highest BCUT2D eigenvalue weighted by atomic mass is 79.9. The second-order valence-corrected chi connectivity index (χ2v) is 8.72. The van der Waals surface area contributed by atoms with Crippen LogP contribution < -0.4 is 10.1 Å². The molecular weight excluding hydrogens is 436 g/mol. The van der Waals surface area contributed by atoms with Crippen molar-refractivity contribution in [1.82, 2.24) is 10.3 Å². The third-order valence-corrected chi connectivity index (χ3v) is 6.40. The monoisotopic (exact) mass is 452 g/mol. The molecule has 0 saturated carbocycles. The number of fused-ring (bicyclic) bond motifs is 1. The van der Waals surface area contributed by atoms with Crippen LogP contribution in [-0.2, 0) is 6.61 Å². The number of hydrogen-bond acceptors (Lipinski definition) is 5. The molecule has 4 nitrogen and oxygen atoms in total. The van der Waals surface area contributed by atoms with Crippen LogP contribution in [0.3, 0.4) is 0 Å². The molecule has 0 amide bonds. The van der Waals surface area contributed by atoms with Gasteiger partial charge in [0, 0.05) is 33.8 Å². The number of nitrogens with zero attached hydrogens (tertiary/aromatic N) is 1. The van der Waals surface area contributed by atoms with Crippen LogP contribution in [0.2, 0.25) is 5.02 Å². The number of halogens is 2. The van der Waals surface area contributed by atoms with E-state index >= 15 is 0 Å². The molecule has 0 aliphatic carbocycles. The van der Waals surface area contributed by atoms with E-state index in [9.17, 15) is 5.11 Å². The first-order valence-corrected chi connectivity index (χ1v) is 10.5. The summed E-state index contributed by atoms with van der Waals surface area (Å²) in [5.74, 6) is 0.801. The van der Waals surface area contributed by atoms with Gasteiger partial charge in [0.1, 0.15) is 11.9 Å². The van der Waals surface area contributed by atoms with Crippen LogP contribution >= 0.6 is 38.9 Å². The van der Waals surface area contributed by atoms with Gasteiger partial charge >= 0.3 is 0 Å². The number of hydrogen-bond donors (Lipinski definition) is 2. The maximum Gasteiger partial charge on any atom is 0.141 e. The number of aromatic nitrogens is 1. The van der Waals surface area contributed by atoms with Crippen LogP contribution in [-0.4, -0.2) is 29.3 Å². The molecule has 1 saturated heterocycles. The molecule has 1 aromatic carbocycles. The number of piperidine rings is 1. The van der Waals surface area contributed by atoms with E-state index in [1.807, 2.05) is 24.3 Å². The van der Waals surface area contributed by atoms with E-state index in [0.29, 0.717) is 5.02 Å². The van der Waals surface area contributed by atoms with Gasteiger partial charge in [0.25, 0.3) is 0 Å². The van der Waals surface area contributed by atoms with Crippen molar-refractivity contribution in [3.63, 3.8) is 0 Å². The molecule has 2 aromatic heterocycles. The van der Waals surface area contributed by atoms with E-state index in [2.05, 4.69) is 26.2 Å². The molecule has 1 aliphatic heterocycles. The van der Waals surface area contributed by atoms with Crippen molar-refractivity contribution in [1.29, 1.82) is 0 Å². The predicted octanol–water partition coefficient (Wildman–Crippen LogP) is 5.00. The smallest absolute Gasteiger partial charge is 0.141 e. The van der Waals surface area contributed by atoms with Crippen LogP contribution in [0.4, 0.5) is 0 Å². The van der Waals surface area contributed by atoms with Gasteiger partial charge < -0.3 is 15.2 Å². The van der Waals surface area contributed by atoms with Gasteiger partial charge in [0.2, 0.25) is 0 Å². The Kier molecular flexibility index (Phi) is 5.47.